The Hall–Kier alpha value is -0.670. The molecule has 0 aliphatic heterocycles. The minimum Gasteiger partial charge on any atom is -0.313 e. The van der Waals surface area contributed by atoms with E-state index < -0.39 is 11.6 Å². The van der Waals surface area contributed by atoms with E-state index in [1.165, 1.54) is 18.9 Å². The topological polar surface area (TPSA) is 12.0 Å². The molecular formula is C13H16ClF2N. The number of rotatable bonds is 3. The van der Waals surface area contributed by atoms with Crippen LogP contribution in [0, 0.1) is 17.6 Å². The van der Waals surface area contributed by atoms with Gasteiger partial charge in [0.15, 0.2) is 11.6 Å². The first-order valence-corrected chi connectivity index (χ1v) is 6.33. The van der Waals surface area contributed by atoms with Gasteiger partial charge < -0.3 is 5.32 Å². The van der Waals surface area contributed by atoms with Crippen LogP contribution in [0.4, 0.5) is 8.78 Å². The maximum atomic E-state index is 13.3. The maximum absolute atomic E-state index is 13.3. The average molecular weight is 260 g/mol. The Labute approximate surface area is 105 Å². The molecule has 1 aliphatic rings. The van der Waals surface area contributed by atoms with Gasteiger partial charge in [-0.1, -0.05) is 24.4 Å². The largest absolute Gasteiger partial charge is 0.313 e. The Balaban J connectivity index is 2.32. The summed E-state index contributed by atoms with van der Waals surface area (Å²) in [7, 11) is 1.83. The van der Waals surface area contributed by atoms with Crippen molar-refractivity contribution < 1.29 is 8.78 Å². The highest BCUT2D eigenvalue weighted by Gasteiger charge is 2.27. The molecule has 0 amide bonds. The van der Waals surface area contributed by atoms with Gasteiger partial charge in [-0.2, -0.15) is 0 Å². The first kappa shape index (κ1) is 12.8. The van der Waals surface area contributed by atoms with Crippen molar-refractivity contribution in [2.75, 3.05) is 7.05 Å². The molecule has 0 aromatic heterocycles. The van der Waals surface area contributed by atoms with Crippen LogP contribution in [0.25, 0.3) is 0 Å². The molecule has 1 unspecified atom stereocenters. The van der Waals surface area contributed by atoms with Crippen LogP contribution in [0.5, 0.6) is 0 Å². The molecule has 2 rings (SSSR count). The van der Waals surface area contributed by atoms with Gasteiger partial charge in [0.1, 0.15) is 0 Å². The normalized spacial score (nSPS) is 18.6. The zero-order chi connectivity index (χ0) is 12.4. The van der Waals surface area contributed by atoms with Gasteiger partial charge in [0.2, 0.25) is 0 Å². The molecule has 0 spiro atoms. The Morgan fingerprint density at radius 1 is 1.24 bits per heavy atom. The summed E-state index contributed by atoms with van der Waals surface area (Å²) in [5.74, 6) is -1.26. The number of benzene rings is 1. The predicted octanol–water partition coefficient (Wildman–Crippen LogP) is 4.07. The third-order valence-corrected chi connectivity index (χ3v) is 3.88. The van der Waals surface area contributed by atoms with E-state index in [1.54, 1.807) is 0 Å². The lowest BCUT2D eigenvalue weighted by atomic mass is 9.91. The molecule has 17 heavy (non-hydrogen) atoms. The lowest BCUT2D eigenvalue weighted by Crippen LogP contribution is -2.24. The van der Waals surface area contributed by atoms with Crippen LogP contribution in [0.1, 0.15) is 37.3 Å². The summed E-state index contributed by atoms with van der Waals surface area (Å²) >= 11 is 6.01. The highest BCUT2D eigenvalue weighted by molar-refractivity contribution is 6.31. The van der Waals surface area contributed by atoms with Crippen molar-refractivity contribution in [1.82, 2.24) is 5.32 Å². The zero-order valence-corrected chi connectivity index (χ0v) is 10.5. The van der Waals surface area contributed by atoms with E-state index in [9.17, 15) is 8.78 Å². The third-order valence-electron chi connectivity index (χ3n) is 3.56. The minimum atomic E-state index is -0.889. The van der Waals surface area contributed by atoms with Crippen LogP contribution >= 0.6 is 11.6 Å². The summed E-state index contributed by atoms with van der Waals surface area (Å²) in [6.45, 7) is 0. The van der Waals surface area contributed by atoms with Crippen molar-refractivity contribution in [2.45, 2.75) is 31.7 Å². The lowest BCUT2D eigenvalue weighted by molar-refractivity contribution is 0.387. The van der Waals surface area contributed by atoms with Crippen molar-refractivity contribution in [2.24, 2.45) is 5.92 Å². The van der Waals surface area contributed by atoms with Crippen LogP contribution in [-0.2, 0) is 0 Å². The van der Waals surface area contributed by atoms with Gasteiger partial charge in [-0.15, -0.1) is 0 Å². The molecule has 1 atom stereocenters. The summed E-state index contributed by atoms with van der Waals surface area (Å²) in [6, 6.07) is 2.29. The van der Waals surface area contributed by atoms with E-state index in [0.29, 0.717) is 16.5 Å². The molecule has 4 heteroatoms. The Kier molecular flexibility index (Phi) is 4.00. The molecule has 0 saturated heterocycles. The standard InChI is InChI=1S/C13H16ClF2N/c1-17-13(8-4-2-3-5-8)9-6-11(15)12(16)7-10(9)14/h6-8,13,17H,2-5H2,1H3. The van der Waals surface area contributed by atoms with Crippen molar-refractivity contribution in [3.63, 3.8) is 0 Å². The van der Waals surface area contributed by atoms with E-state index in [-0.39, 0.29) is 6.04 Å². The quantitative estimate of drug-likeness (QED) is 0.807. The fraction of sp³-hybridized carbons (Fsp3) is 0.538. The van der Waals surface area contributed by atoms with Crippen LogP contribution < -0.4 is 5.32 Å². The first-order chi connectivity index (χ1) is 8.13. The molecule has 0 bridgehead atoms. The Morgan fingerprint density at radius 2 is 1.82 bits per heavy atom. The molecule has 0 heterocycles. The SMILES string of the molecule is CNC(c1cc(F)c(F)cc1Cl)C1CCCC1. The molecule has 0 radical (unpaired) electrons. The van der Waals surface area contributed by atoms with Gasteiger partial charge in [-0.3, -0.25) is 0 Å². The van der Waals surface area contributed by atoms with Gasteiger partial charge in [-0.25, -0.2) is 8.78 Å². The van der Waals surface area contributed by atoms with Crippen LogP contribution in [0.2, 0.25) is 5.02 Å². The lowest BCUT2D eigenvalue weighted by Gasteiger charge is -2.24. The molecule has 1 nitrogen and oxygen atoms in total. The molecule has 1 fully saturated rings. The van der Waals surface area contributed by atoms with E-state index in [2.05, 4.69) is 5.32 Å². The highest BCUT2D eigenvalue weighted by Crippen LogP contribution is 2.38. The van der Waals surface area contributed by atoms with Crippen LogP contribution in [0.15, 0.2) is 12.1 Å². The second-order valence-corrected chi connectivity index (χ2v) is 5.01. The second-order valence-electron chi connectivity index (χ2n) is 4.60. The highest BCUT2D eigenvalue weighted by atomic mass is 35.5. The summed E-state index contributed by atoms with van der Waals surface area (Å²) in [5.41, 5.74) is 0.667. The molecule has 1 aliphatic carbocycles. The summed E-state index contributed by atoms with van der Waals surface area (Å²) in [5, 5.41) is 3.48. The van der Waals surface area contributed by atoms with Gasteiger partial charge in [0, 0.05) is 11.1 Å². The van der Waals surface area contributed by atoms with E-state index in [1.807, 2.05) is 7.05 Å². The maximum Gasteiger partial charge on any atom is 0.160 e. The average Bonchev–Trinajstić information content (AvgIpc) is 2.80. The Bertz CT molecular complexity index is 403. The van der Waals surface area contributed by atoms with Crippen molar-refractivity contribution >= 4 is 11.6 Å². The number of halogens is 3. The van der Waals surface area contributed by atoms with E-state index >= 15 is 0 Å². The molecular weight excluding hydrogens is 244 g/mol. The van der Waals surface area contributed by atoms with Gasteiger partial charge in [0.25, 0.3) is 0 Å². The fourth-order valence-electron chi connectivity index (χ4n) is 2.71. The van der Waals surface area contributed by atoms with Gasteiger partial charge in [0.05, 0.1) is 0 Å². The van der Waals surface area contributed by atoms with E-state index in [0.717, 1.165) is 18.9 Å². The smallest absolute Gasteiger partial charge is 0.160 e. The van der Waals surface area contributed by atoms with Crippen molar-refractivity contribution in [1.29, 1.82) is 0 Å². The molecule has 1 aromatic carbocycles. The molecule has 1 N–H and O–H groups in total. The summed E-state index contributed by atoms with van der Waals surface area (Å²) in [4.78, 5) is 0. The molecule has 1 saturated carbocycles. The van der Waals surface area contributed by atoms with Crippen molar-refractivity contribution in [3.05, 3.63) is 34.4 Å². The zero-order valence-electron chi connectivity index (χ0n) is 9.77. The molecule has 94 valence electrons. The number of hydrogen-bond donors (Lipinski definition) is 1. The number of nitrogens with one attached hydrogen (secondary N) is 1. The van der Waals surface area contributed by atoms with Crippen molar-refractivity contribution in [3.8, 4) is 0 Å². The number of hydrogen-bond acceptors (Lipinski definition) is 1. The second kappa shape index (κ2) is 5.32. The van der Waals surface area contributed by atoms with Gasteiger partial charge in [-0.05, 0) is 43.5 Å². The van der Waals surface area contributed by atoms with Gasteiger partial charge >= 0.3 is 0 Å². The summed E-state index contributed by atoms with van der Waals surface area (Å²) < 4.78 is 26.3. The minimum absolute atomic E-state index is 0.0140. The predicted molar refractivity (Wildman–Crippen MR) is 65.1 cm³/mol. The summed E-state index contributed by atoms with van der Waals surface area (Å²) in [6.07, 6.45) is 4.62. The fourth-order valence-corrected chi connectivity index (χ4v) is 2.98. The molecule has 1 aromatic rings. The van der Waals surface area contributed by atoms with E-state index in [4.69, 9.17) is 11.6 Å². The monoisotopic (exact) mass is 259 g/mol. The van der Waals surface area contributed by atoms with Crippen LogP contribution in [-0.4, -0.2) is 7.05 Å². The first-order valence-electron chi connectivity index (χ1n) is 5.95. The third kappa shape index (κ3) is 2.61. The Morgan fingerprint density at radius 3 is 2.41 bits per heavy atom. The van der Waals surface area contributed by atoms with Crippen LogP contribution in [0.3, 0.4) is 0 Å².